The van der Waals surface area contributed by atoms with Crippen molar-refractivity contribution in [3.05, 3.63) is 47.0 Å². The van der Waals surface area contributed by atoms with Crippen molar-refractivity contribution in [3.63, 3.8) is 0 Å². The molecule has 104 valence electrons. The summed E-state index contributed by atoms with van der Waals surface area (Å²) in [6.45, 7) is 1.77. The molecule has 0 fully saturated rings. The van der Waals surface area contributed by atoms with Crippen LogP contribution < -0.4 is 4.74 Å². The molecule has 0 amide bonds. The molecule has 1 aliphatic heterocycles. The third-order valence-electron chi connectivity index (χ3n) is 3.76. The van der Waals surface area contributed by atoms with E-state index in [2.05, 4.69) is 0 Å². The molecule has 2 aromatic rings. The third-order valence-corrected chi connectivity index (χ3v) is 3.76. The number of fused-ring (bicyclic) bond motifs is 1. The van der Waals surface area contributed by atoms with Gasteiger partial charge in [0.2, 0.25) is 0 Å². The van der Waals surface area contributed by atoms with Crippen molar-refractivity contribution < 1.29 is 20.1 Å². The van der Waals surface area contributed by atoms with E-state index in [-0.39, 0.29) is 23.4 Å². The lowest BCUT2D eigenvalue weighted by atomic mass is 9.95. The van der Waals surface area contributed by atoms with Crippen LogP contribution >= 0.6 is 0 Å². The molecule has 3 rings (SSSR count). The number of phenols is 3. The Morgan fingerprint density at radius 2 is 1.75 bits per heavy atom. The lowest BCUT2D eigenvalue weighted by Gasteiger charge is -2.28. The predicted molar refractivity (Wildman–Crippen MR) is 74.3 cm³/mol. The first kappa shape index (κ1) is 12.7. The average molecular weight is 272 g/mol. The fourth-order valence-corrected chi connectivity index (χ4v) is 2.59. The molecule has 2 aromatic carbocycles. The molecule has 0 aromatic heterocycles. The minimum Gasteiger partial charge on any atom is -0.508 e. The second-order valence-electron chi connectivity index (χ2n) is 5.08. The van der Waals surface area contributed by atoms with Crippen LogP contribution in [0.5, 0.6) is 23.0 Å². The molecule has 0 unspecified atom stereocenters. The van der Waals surface area contributed by atoms with E-state index in [1.807, 2.05) is 12.1 Å². The van der Waals surface area contributed by atoms with Gasteiger partial charge in [0.05, 0.1) is 0 Å². The van der Waals surface area contributed by atoms with E-state index in [9.17, 15) is 15.3 Å². The Morgan fingerprint density at radius 3 is 2.45 bits per heavy atom. The third kappa shape index (κ3) is 2.03. The number of benzene rings is 2. The van der Waals surface area contributed by atoms with E-state index < -0.39 is 0 Å². The van der Waals surface area contributed by atoms with Gasteiger partial charge in [-0.2, -0.15) is 0 Å². The second kappa shape index (κ2) is 4.63. The minimum atomic E-state index is -0.136. The molecule has 0 aliphatic carbocycles. The molecule has 3 N–H and O–H groups in total. The molecule has 1 aliphatic rings. The van der Waals surface area contributed by atoms with Gasteiger partial charge in [-0.3, -0.25) is 0 Å². The summed E-state index contributed by atoms with van der Waals surface area (Å²) in [7, 11) is 0. The van der Waals surface area contributed by atoms with E-state index >= 15 is 0 Å². The Bertz CT molecular complexity index is 647. The van der Waals surface area contributed by atoms with E-state index in [0.29, 0.717) is 17.7 Å². The van der Waals surface area contributed by atoms with Gasteiger partial charge in [-0.05, 0) is 37.5 Å². The van der Waals surface area contributed by atoms with Gasteiger partial charge in [0.1, 0.15) is 29.1 Å². The van der Waals surface area contributed by atoms with Gasteiger partial charge in [0, 0.05) is 17.2 Å². The summed E-state index contributed by atoms with van der Waals surface area (Å²) in [5.74, 6) is 0.892. The zero-order valence-electron chi connectivity index (χ0n) is 11.1. The topological polar surface area (TPSA) is 69.9 Å². The van der Waals surface area contributed by atoms with Gasteiger partial charge in [-0.25, -0.2) is 0 Å². The average Bonchev–Trinajstić information content (AvgIpc) is 2.45. The quantitative estimate of drug-likeness (QED) is 0.745. The zero-order valence-corrected chi connectivity index (χ0v) is 11.1. The molecule has 1 heterocycles. The maximum absolute atomic E-state index is 9.88. The van der Waals surface area contributed by atoms with E-state index in [4.69, 9.17) is 4.74 Å². The molecule has 4 heteroatoms. The van der Waals surface area contributed by atoms with Gasteiger partial charge in [0.15, 0.2) is 0 Å². The summed E-state index contributed by atoms with van der Waals surface area (Å²) >= 11 is 0. The highest BCUT2D eigenvalue weighted by Crippen LogP contribution is 2.44. The van der Waals surface area contributed by atoms with Crippen LogP contribution in [0.1, 0.15) is 29.2 Å². The largest absolute Gasteiger partial charge is 0.508 e. The molecule has 0 saturated heterocycles. The van der Waals surface area contributed by atoms with Gasteiger partial charge < -0.3 is 20.1 Å². The highest BCUT2D eigenvalue weighted by molar-refractivity contribution is 5.56. The summed E-state index contributed by atoms with van der Waals surface area (Å²) in [6, 6.07) is 8.26. The summed E-state index contributed by atoms with van der Waals surface area (Å²) in [4.78, 5) is 0. The Labute approximate surface area is 116 Å². The van der Waals surface area contributed by atoms with Crippen LogP contribution in [0, 0.1) is 6.92 Å². The van der Waals surface area contributed by atoms with Gasteiger partial charge in [0.25, 0.3) is 0 Å². The summed E-state index contributed by atoms with van der Waals surface area (Å²) < 4.78 is 5.95. The fourth-order valence-electron chi connectivity index (χ4n) is 2.59. The summed E-state index contributed by atoms with van der Waals surface area (Å²) in [5.41, 5.74) is 2.35. The number of ether oxygens (including phenoxy) is 1. The van der Waals surface area contributed by atoms with Crippen LogP contribution in [-0.4, -0.2) is 15.3 Å². The Kier molecular flexibility index (Phi) is 2.93. The molecular weight excluding hydrogens is 256 g/mol. The van der Waals surface area contributed by atoms with Crippen molar-refractivity contribution in [1.29, 1.82) is 0 Å². The summed E-state index contributed by atoms with van der Waals surface area (Å²) in [5, 5.41) is 29.0. The normalized spacial score (nSPS) is 17.4. The van der Waals surface area contributed by atoms with Crippen LogP contribution in [0.25, 0.3) is 0 Å². The highest BCUT2D eigenvalue weighted by Gasteiger charge is 2.26. The van der Waals surface area contributed by atoms with Crippen molar-refractivity contribution in [3.8, 4) is 23.0 Å². The van der Waals surface area contributed by atoms with Crippen LogP contribution in [0.4, 0.5) is 0 Å². The second-order valence-corrected chi connectivity index (χ2v) is 5.08. The van der Waals surface area contributed by atoms with E-state index in [1.165, 1.54) is 6.07 Å². The molecule has 0 radical (unpaired) electrons. The molecule has 0 bridgehead atoms. The standard InChI is InChI=1S/C16H16O4/c1-9-13(18)8-14(19)12-6-7-15(20-16(9)12)10-2-4-11(17)5-3-10/h2-5,8,15,17-19H,6-7H2,1H3/t15-/m0/s1. The lowest BCUT2D eigenvalue weighted by Crippen LogP contribution is -2.16. The first-order chi connectivity index (χ1) is 9.56. The number of hydrogen-bond acceptors (Lipinski definition) is 4. The predicted octanol–water partition coefficient (Wildman–Crippen LogP) is 3.18. The molecule has 0 saturated carbocycles. The maximum atomic E-state index is 9.88. The van der Waals surface area contributed by atoms with E-state index in [0.717, 1.165) is 17.5 Å². The minimum absolute atomic E-state index is 0.0348. The van der Waals surface area contributed by atoms with Crippen molar-refractivity contribution in [2.75, 3.05) is 0 Å². The molecular formula is C16H16O4. The zero-order chi connectivity index (χ0) is 14.3. The maximum Gasteiger partial charge on any atom is 0.133 e. The van der Waals surface area contributed by atoms with Gasteiger partial charge in [-0.1, -0.05) is 12.1 Å². The van der Waals surface area contributed by atoms with Crippen LogP contribution in [-0.2, 0) is 6.42 Å². The van der Waals surface area contributed by atoms with Crippen LogP contribution in [0.15, 0.2) is 30.3 Å². The molecule has 0 spiro atoms. The molecule has 4 nitrogen and oxygen atoms in total. The van der Waals surface area contributed by atoms with Crippen molar-refractivity contribution in [2.24, 2.45) is 0 Å². The van der Waals surface area contributed by atoms with Gasteiger partial charge in [-0.15, -0.1) is 0 Å². The first-order valence-electron chi connectivity index (χ1n) is 6.56. The van der Waals surface area contributed by atoms with Crippen LogP contribution in [0.3, 0.4) is 0 Å². The fraction of sp³-hybridized carbons (Fsp3) is 0.250. The smallest absolute Gasteiger partial charge is 0.133 e. The van der Waals surface area contributed by atoms with Crippen LogP contribution in [0.2, 0.25) is 0 Å². The lowest BCUT2D eigenvalue weighted by molar-refractivity contribution is 0.172. The Morgan fingerprint density at radius 1 is 1.05 bits per heavy atom. The van der Waals surface area contributed by atoms with E-state index in [1.54, 1.807) is 19.1 Å². The Hall–Kier alpha value is -2.36. The monoisotopic (exact) mass is 272 g/mol. The Balaban J connectivity index is 1.97. The number of phenolic OH excluding ortho intramolecular Hbond substituents is 3. The molecule has 1 atom stereocenters. The number of rotatable bonds is 1. The number of hydrogen-bond donors (Lipinski definition) is 3. The van der Waals surface area contributed by atoms with Crippen molar-refractivity contribution in [2.45, 2.75) is 25.9 Å². The highest BCUT2D eigenvalue weighted by atomic mass is 16.5. The van der Waals surface area contributed by atoms with Gasteiger partial charge >= 0.3 is 0 Å². The van der Waals surface area contributed by atoms with Crippen molar-refractivity contribution >= 4 is 0 Å². The molecule has 20 heavy (non-hydrogen) atoms. The SMILES string of the molecule is Cc1c(O)cc(O)c2c1O[C@H](c1ccc(O)cc1)CC2. The van der Waals surface area contributed by atoms with Crippen molar-refractivity contribution in [1.82, 2.24) is 0 Å². The number of aromatic hydroxyl groups is 3. The first-order valence-corrected chi connectivity index (χ1v) is 6.56. The summed E-state index contributed by atoms with van der Waals surface area (Å²) in [6.07, 6.45) is 1.30.